The summed E-state index contributed by atoms with van der Waals surface area (Å²) in [5.41, 5.74) is 1.97. The lowest BCUT2D eigenvalue weighted by atomic mass is 9.83. The first-order valence-electron chi connectivity index (χ1n) is 7.30. The number of hydrogen-bond donors (Lipinski definition) is 1. The predicted molar refractivity (Wildman–Crippen MR) is 84.4 cm³/mol. The highest BCUT2D eigenvalue weighted by atomic mass is 16.6. The zero-order valence-electron chi connectivity index (χ0n) is 12.3. The van der Waals surface area contributed by atoms with Crippen LogP contribution in [-0.2, 0) is 9.53 Å². The molecule has 2 atom stereocenters. The fourth-order valence-corrected chi connectivity index (χ4v) is 2.78. The number of carbonyl (C=O) groups excluding carboxylic acids is 1. The van der Waals surface area contributed by atoms with Crippen molar-refractivity contribution in [2.24, 2.45) is 0 Å². The van der Waals surface area contributed by atoms with E-state index in [1.807, 2.05) is 60.7 Å². The Balaban J connectivity index is 2.07. The molecule has 0 aliphatic carbocycles. The summed E-state index contributed by atoms with van der Waals surface area (Å²) in [6, 6.07) is 19.5. The first-order chi connectivity index (χ1) is 10.6. The molecular weight excluding hydrogens is 276 g/mol. The molecule has 0 spiro atoms. The van der Waals surface area contributed by atoms with Gasteiger partial charge in [0.15, 0.2) is 11.6 Å². The van der Waals surface area contributed by atoms with Gasteiger partial charge in [0, 0.05) is 5.92 Å². The number of hydrogen-bond acceptors (Lipinski definition) is 3. The molecule has 22 heavy (non-hydrogen) atoms. The van der Waals surface area contributed by atoms with Crippen LogP contribution in [0.2, 0.25) is 0 Å². The molecule has 0 saturated carbocycles. The van der Waals surface area contributed by atoms with Gasteiger partial charge in [-0.3, -0.25) is 4.79 Å². The molecule has 1 aliphatic rings. The van der Waals surface area contributed by atoms with Gasteiger partial charge >= 0.3 is 0 Å². The SMILES string of the molecule is C[C@@]1(O)C=CC(=O)[C@@H](C(c2ccccc2)c2ccccc2)O1. The molecule has 0 unspecified atom stereocenters. The molecule has 2 aromatic carbocycles. The summed E-state index contributed by atoms with van der Waals surface area (Å²) in [7, 11) is 0. The normalized spacial score (nSPS) is 24.7. The largest absolute Gasteiger partial charge is 0.362 e. The highest BCUT2D eigenvalue weighted by Crippen LogP contribution is 2.34. The summed E-state index contributed by atoms with van der Waals surface area (Å²) in [5.74, 6) is -1.82. The Morgan fingerprint density at radius 3 is 2.00 bits per heavy atom. The van der Waals surface area contributed by atoms with Crippen molar-refractivity contribution in [3.05, 3.63) is 83.9 Å². The van der Waals surface area contributed by atoms with E-state index in [0.717, 1.165) is 11.1 Å². The van der Waals surface area contributed by atoms with Crippen molar-refractivity contribution in [3.63, 3.8) is 0 Å². The van der Waals surface area contributed by atoms with E-state index in [-0.39, 0.29) is 11.7 Å². The third-order valence-corrected chi connectivity index (χ3v) is 3.82. The highest BCUT2D eigenvalue weighted by Gasteiger charge is 2.38. The van der Waals surface area contributed by atoms with Crippen molar-refractivity contribution in [1.29, 1.82) is 0 Å². The molecule has 0 fully saturated rings. The maximum Gasteiger partial charge on any atom is 0.185 e. The number of benzene rings is 2. The average Bonchev–Trinajstić information content (AvgIpc) is 2.53. The van der Waals surface area contributed by atoms with Gasteiger partial charge < -0.3 is 9.84 Å². The minimum atomic E-state index is -1.43. The van der Waals surface area contributed by atoms with Crippen LogP contribution in [0.3, 0.4) is 0 Å². The second-order valence-corrected chi connectivity index (χ2v) is 5.63. The quantitative estimate of drug-likeness (QED) is 0.946. The van der Waals surface area contributed by atoms with Gasteiger partial charge in [-0.1, -0.05) is 60.7 Å². The van der Waals surface area contributed by atoms with Crippen LogP contribution >= 0.6 is 0 Å². The van der Waals surface area contributed by atoms with Crippen LogP contribution in [0.1, 0.15) is 24.0 Å². The van der Waals surface area contributed by atoms with E-state index in [0.29, 0.717) is 0 Å². The van der Waals surface area contributed by atoms with Gasteiger partial charge in [0.05, 0.1) is 0 Å². The predicted octanol–water partition coefficient (Wildman–Crippen LogP) is 3.05. The molecule has 0 bridgehead atoms. The van der Waals surface area contributed by atoms with Gasteiger partial charge in [-0.05, 0) is 30.2 Å². The zero-order valence-corrected chi connectivity index (χ0v) is 12.3. The molecule has 0 saturated heterocycles. The lowest BCUT2D eigenvalue weighted by molar-refractivity contribution is -0.195. The van der Waals surface area contributed by atoms with Crippen LogP contribution < -0.4 is 0 Å². The molecule has 0 aromatic heterocycles. The van der Waals surface area contributed by atoms with E-state index in [1.54, 1.807) is 0 Å². The monoisotopic (exact) mass is 294 g/mol. The lowest BCUT2D eigenvalue weighted by Gasteiger charge is -2.34. The second kappa shape index (κ2) is 5.87. The zero-order chi connectivity index (χ0) is 15.6. The first-order valence-corrected chi connectivity index (χ1v) is 7.30. The Labute approximate surface area is 129 Å². The molecule has 3 rings (SSSR count). The van der Waals surface area contributed by atoms with Gasteiger partial charge in [0.1, 0.15) is 6.10 Å². The number of aliphatic hydroxyl groups is 1. The van der Waals surface area contributed by atoms with Gasteiger partial charge in [-0.15, -0.1) is 0 Å². The average molecular weight is 294 g/mol. The lowest BCUT2D eigenvalue weighted by Crippen LogP contribution is -2.43. The smallest absolute Gasteiger partial charge is 0.185 e. The fraction of sp³-hybridized carbons (Fsp3) is 0.211. The Kier molecular flexibility index (Phi) is 3.92. The molecule has 1 N–H and O–H groups in total. The molecule has 0 radical (unpaired) electrons. The second-order valence-electron chi connectivity index (χ2n) is 5.63. The van der Waals surface area contributed by atoms with Crippen molar-refractivity contribution in [2.75, 3.05) is 0 Å². The maximum atomic E-state index is 12.3. The van der Waals surface area contributed by atoms with Gasteiger partial charge in [-0.2, -0.15) is 0 Å². The Morgan fingerprint density at radius 1 is 1.00 bits per heavy atom. The van der Waals surface area contributed by atoms with Gasteiger partial charge in [-0.25, -0.2) is 0 Å². The number of ether oxygens (including phenoxy) is 1. The molecule has 1 heterocycles. The summed E-state index contributed by atoms with van der Waals surface area (Å²) >= 11 is 0. The van der Waals surface area contributed by atoms with Crippen LogP contribution in [-0.4, -0.2) is 22.8 Å². The Hall–Kier alpha value is -2.23. The molecule has 3 heteroatoms. The molecule has 0 amide bonds. The van der Waals surface area contributed by atoms with E-state index in [1.165, 1.54) is 19.1 Å². The van der Waals surface area contributed by atoms with Crippen LogP contribution in [0.4, 0.5) is 0 Å². The third kappa shape index (κ3) is 3.01. The summed E-state index contributed by atoms with van der Waals surface area (Å²) in [5, 5.41) is 10.1. The van der Waals surface area contributed by atoms with Crippen LogP contribution in [0, 0.1) is 0 Å². The molecule has 3 nitrogen and oxygen atoms in total. The molecular formula is C19H18O3. The molecule has 1 aliphatic heterocycles. The van der Waals surface area contributed by atoms with Gasteiger partial charge in [0.25, 0.3) is 0 Å². The Bertz CT molecular complexity index is 635. The van der Waals surface area contributed by atoms with E-state index in [9.17, 15) is 9.90 Å². The number of ketones is 1. The van der Waals surface area contributed by atoms with E-state index in [4.69, 9.17) is 4.74 Å². The van der Waals surface area contributed by atoms with Crippen LogP contribution in [0.5, 0.6) is 0 Å². The van der Waals surface area contributed by atoms with Crippen LogP contribution in [0.25, 0.3) is 0 Å². The van der Waals surface area contributed by atoms with Crippen molar-refractivity contribution in [3.8, 4) is 0 Å². The third-order valence-electron chi connectivity index (χ3n) is 3.82. The van der Waals surface area contributed by atoms with Crippen molar-refractivity contribution >= 4 is 5.78 Å². The number of carbonyl (C=O) groups is 1. The maximum absolute atomic E-state index is 12.3. The van der Waals surface area contributed by atoms with Crippen molar-refractivity contribution < 1.29 is 14.6 Å². The van der Waals surface area contributed by atoms with Gasteiger partial charge in [0.2, 0.25) is 0 Å². The van der Waals surface area contributed by atoms with Crippen molar-refractivity contribution in [1.82, 2.24) is 0 Å². The minimum absolute atomic E-state index is 0.135. The molecule has 2 aromatic rings. The summed E-state index contributed by atoms with van der Waals surface area (Å²) in [6.07, 6.45) is 2.05. The van der Waals surface area contributed by atoms with E-state index in [2.05, 4.69) is 0 Å². The standard InChI is InChI=1S/C19H18O3/c1-19(21)13-12-16(20)18(22-19)17(14-8-4-2-5-9-14)15-10-6-3-7-11-15/h2-13,17-18,21H,1H3/t18-,19-/m0/s1. The summed E-state index contributed by atoms with van der Waals surface area (Å²) in [4.78, 5) is 12.3. The van der Waals surface area contributed by atoms with Crippen molar-refractivity contribution in [2.45, 2.75) is 24.7 Å². The first kappa shape index (κ1) is 14.7. The topological polar surface area (TPSA) is 46.5 Å². The molecule has 112 valence electrons. The van der Waals surface area contributed by atoms with Crippen LogP contribution in [0.15, 0.2) is 72.8 Å². The summed E-state index contributed by atoms with van der Waals surface area (Å²) < 4.78 is 5.68. The minimum Gasteiger partial charge on any atom is -0.362 e. The fourth-order valence-electron chi connectivity index (χ4n) is 2.78. The van der Waals surface area contributed by atoms with E-state index < -0.39 is 11.9 Å². The summed E-state index contributed by atoms with van der Waals surface area (Å²) in [6.45, 7) is 1.54. The Morgan fingerprint density at radius 2 is 1.50 bits per heavy atom. The van der Waals surface area contributed by atoms with E-state index >= 15 is 0 Å². The highest BCUT2D eigenvalue weighted by molar-refractivity contribution is 5.95. The number of rotatable bonds is 3.